The highest BCUT2D eigenvalue weighted by Crippen LogP contribution is 2.18. The Hall–Kier alpha value is 1.46. The lowest BCUT2D eigenvalue weighted by Crippen LogP contribution is -2.10. The summed E-state index contributed by atoms with van der Waals surface area (Å²) in [5, 5.41) is 0. The molecule has 0 amide bonds. The highest BCUT2D eigenvalue weighted by molar-refractivity contribution is 14.1. The molecule has 0 radical (unpaired) electrons. The van der Waals surface area contributed by atoms with E-state index in [4.69, 9.17) is 0 Å². The van der Waals surface area contributed by atoms with Gasteiger partial charge in [0.1, 0.15) is 0 Å². The third kappa shape index (κ3) is 3.48. The standard InChI is InChI=1S/C6H12I2/c1-3-5(2)6(8)4-7/h5-6H,3-4H2,1-2H3. The highest BCUT2D eigenvalue weighted by atomic mass is 127. The van der Waals surface area contributed by atoms with Gasteiger partial charge >= 0.3 is 0 Å². The fourth-order valence-electron chi connectivity index (χ4n) is 0.408. The van der Waals surface area contributed by atoms with Crippen LogP contribution in [0.1, 0.15) is 20.3 Å². The van der Waals surface area contributed by atoms with E-state index in [1.54, 1.807) is 0 Å². The molecular weight excluding hydrogens is 326 g/mol. The van der Waals surface area contributed by atoms with Crippen molar-refractivity contribution in [2.24, 2.45) is 5.92 Å². The van der Waals surface area contributed by atoms with E-state index in [-0.39, 0.29) is 0 Å². The first-order valence-electron chi connectivity index (χ1n) is 2.92. The summed E-state index contributed by atoms with van der Waals surface area (Å²) < 4.78 is 2.16. The molecule has 0 aromatic carbocycles. The molecule has 0 spiro atoms. The number of rotatable bonds is 3. The minimum Gasteiger partial charge on any atom is -0.0852 e. The van der Waals surface area contributed by atoms with Gasteiger partial charge in [-0.2, -0.15) is 0 Å². The number of alkyl halides is 2. The van der Waals surface area contributed by atoms with Gasteiger partial charge in [0.25, 0.3) is 0 Å². The van der Waals surface area contributed by atoms with E-state index in [2.05, 4.69) is 59.0 Å². The minimum atomic E-state index is 0.873. The average Bonchev–Trinajstić information content (AvgIpc) is 1.84. The van der Waals surface area contributed by atoms with Crippen LogP contribution in [-0.4, -0.2) is 8.35 Å². The Morgan fingerprint density at radius 2 is 2.00 bits per heavy atom. The molecule has 0 aliphatic heterocycles. The highest BCUT2D eigenvalue weighted by Gasteiger charge is 2.08. The van der Waals surface area contributed by atoms with Crippen molar-refractivity contribution < 1.29 is 0 Å². The van der Waals surface area contributed by atoms with Crippen molar-refractivity contribution in [1.29, 1.82) is 0 Å². The Balaban J connectivity index is 3.29. The van der Waals surface area contributed by atoms with Gasteiger partial charge in [-0.15, -0.1) is 0 Å². The van der Waals surface area contributed by atoms with Crippen molar-refractivity contribution >= 4 is 45.2 Å². The van der Waals surface area contributed by atoms with Gasteiger partial charge in [0, 0.05) is 8.35 Å². The normalized spacial score (nSPS) is 18.0. The van der Waals surface area contributed by atoms with Crippen LogP contribution in [0.4, 0.5) is 0 Å². The minimum absolute atomic E-state index is 0.873. The topological polar surface area (TPSA) is 0 Å². The predicted octanol–water partition coefficient (Wildman–Crippen LogP) is 3.27. The molecule has 8 heavy (non-hydrogen) atoms. The Labute approximate surface area is 79.1 Å². The van der Waals surface area contributed by atoms with Crippen LogP contribution in [0, 0.1) is 5.92 Å². The lowest BCUT2D eigenvalue weighted by atomic mass is 10.1. The smallest absolute Gasteiger partial charge is 0.0225 e. The Bertz CT molecular complexity index is 46.5. The zero-order valence-electron chi connectivity index (χ0n) is 5.32. The van der Waals surface area contributed by atoms with Gasteiger partial charge in [-0.05, 0) is 5.92 Å². The van der Waals surface area contributed by atoms with Crippen molar-refractivity contribution in [3.63, 3.8) is 0 Å². The second-order valence-corrected chi connectivity index (χ2v) is 4.54. The first-order chi connectivity index (χ1) is 3.72. The van der Waals surface area contributed by atoms with Gasteiger partial charge in [0.2, 0.25) is 0 Å². The van der Waals surface area contributed by atoms with Gasteiger partial charge in [0.05, 0.1) is 0 Å². The summed E-state index contributed by atoms with van der Waals surface area (Å²) in [5.74, 6) is 0.896. The van der Waals surface area contributed by atoms with Crippen molar-refractivity contribution in [2.75, 3.05) is 4.43 Å². The molecule has 0 N–H and O–H groups in total. The molecule has 50 valence electrons. The first kappa shape index (κ1) is 9.46. The van der Waals surface area contributed by atoms with Gasteiger partial charge in [-0.25, -0.2) is 0 Å². The molecule has 2 atom stereocenters. The predicted molar refractivity (Wildman–Crippen MR) is 56.2 cm³/mol. The van der Waals surface area contributed by atoms with Crippen molar-refractivity contribution in [2.45, 2.75) is 24.2 Å². The fraction of sp³-hybridized carbons (Fsp3) is 1.00. The van der Waals surface area contributed by atoms with Crippen LogP contribution < -0.4 is 0 Å². The number of hydrogen-bond acceptors (Lipinski definition) is 0. The number of halogens is 2. The van der Waals surface area contributed by atoms with Crippen molar-refractivity contribution in [3.8, 4) is 0 Å². The molecule has 0 bridgehead atoms. The zero-order valence-corrected chi connectivity index (χ0v) is 9.64. The Morgan fingerprint density at radius 3 is 2.12 bits per heavy atom. The van der Waals surface area contributed by atoms with E-state index in [9.17, 15) is 0 Å². The van der Waals surface area contributed by atoms with E-state index in [1.165, 1.54) is 10.8 Å². The molecule has 0 aromatic rings. The van der Waals surface area contributed by atoms with Gasteiger partial charge in [0.15, 0.2) is 0 Å². The van der Waals surface area contributed by atoms with Crippen LogP contribution in [0.3, 0.4) is 0 Å². The van der Waals surface area contributed by atoms with E-state index >= 15 is 0 Å². The largest absolute Gasteiger partial charge is 0.0852 e. The molecule has 0 aliphatic carbocycles. The first-order valence-corrected chi connectivity index (χ1v) is 5.69. The summed E-state index contributed by atoms with van der Waals surface area (Å²) in [6.45, 7) is 4.57. The maximum Gasteiger partial charge on any atom is 0.0225 e. The molecule has 2 unspecified atom stereocenters. The van der Waals surface area contributed by atoms with Crippen LogP contribution in [0.25, 0.3) is 0 Å². The summed E-state index contributed by atoms with van der Waals surface area (Å²) in [4.78, 5) is 0. The maximum absolute atomic E-state index is 2.52. The van der Waals surface area contributed by atoms with Crippen molar-refractivity contribution in [3.05, 3.63) is 0 Å². The summed E-state index contributed by atoms with van der Waals surface area (Å²) >= 11 is 4.97. The molecule has 0 nitrogen and oxygen atoms in total. The lowest BCUT2D eigenvalue weighted by Gasteiger charge is -2.12. The van der Waals surface area contributed by atoms with Gasteiger partial charge in [-0.1, -0.05) is 65.5 Å². The van der Waals surface area contributed by atoms with E-state index in [0.717, 1.165) is 9.84 Å². The molecule has 0 aliphatic rings. The SMILES string of the molecule is CCC(C)C(I)CI. The lowest BCUT2D eigenvalue weighted by molar-refractivity contribution is 0.579. The second-order valence-electron chi connectivity index (χ2n) is 2.06. The maximum atomic E-state index is 2.52. The van der Waals surface area contributed by atoms with E-state index in [0.29, 0.717) is 0 Å². The van der Waals surface area contributed by atoms with Gasteiger partial charge < -0.3 is 0 Å². The van der Waals surface area contributed by atoms with Crippen LogP contribution in [0.15, 0.2) is 0 Å². The molecule has 0 rings (SSSR count). The third-order valence-electron chi connectivity index (χ3n) is 1.41. The van der Waals surface area contributed by atoms with E-state index in [1.807, 2.05) is 0 Å². The molecule has 2 heteroatoms. The zero-order chi connectivity index (χ0) is 6.57. The fourth-order valence-corrected chi connectivity index (χ4v) is 1.78. The summed E-state index contributed by atoms with van der Waals surface area (Å²) in [6, 6.07) is 0. The van der Waals surface area contributed by atoms with Crippen LogP contribution in [0.2, 0.25) is 0 Å². The van der Waals surface area contributed by atoms with Gasteiger partial charge in [-0.3, -0.25) is 0 Å². The summed E-state index contributed by atoms with van der Waals surface area (Å²) in [6.07, 6.45) is 1.32. The molecule has 0 heterocycles. The summed E-state index contributed by atoms with van der Waals surface area (Å²) in [5.41, 5.74) is 0. The van der Waals surface area contributed by atoms with Crippen molar-refractivity contribution in [1.82, 2.24) is 0 Å². The molecule has 0 fully saturated rings. The van der Waals surface area contributed by atoms with E-state index < -0.39 is 0 Å². The number of hydrogen-bond donors (Lipinski definition) is 0. The average molecular weight is 338 g/mol. The molecule has 0 saturated heterocycles. The quantitative estimate of drug-likeness (QED) is 0.547. The monoisotopic (exact) mass is 338 g/mol. The Morgan fingerprint density at radius 1 is 1.50 bits per heavy atom. The van der Waals surface area contributed by atoms with Crippen LogP contribution in [0.5, 0.6) is 0 Å². The van der Waals surface area contributed by atoms with Crippen LogP contribution in [-0.2, 0) is 0 Å². The third-order valence-corrected chi connectivity index (χ3v) is 5.71. The Kier molecular flexibility index (Phi) is 6.22. The summed E-state index contributed by atoms with van der Waals surface area (Å²) in [7, 11) is 0. The molecule has 0 saturated carbocycles. The van der Waals surface area contributed by atoms with Crippen LogP contribution >= 0.6 is 45.2 Å². The second kappa shape index (κ2) is 5.26. The molecular formula is C6H12I2. The molecule has 0 aromatic heterocycles.